The molecule has 0 bridgehead atoms. The normalized spacial score (nSPS) is 13.9. The molecule has 0 unspecified atom stereocenters. The van der Waals surface area contributed by atoms with Gasteiger partial charge in [-0.1, -0.05) is 78.9 Å². The average molecular weight is 417 g/mol. The van der Waals surface area contributed by atoms with Crippen LogP contribution >= 0.6 is 0 Å². The zero-order chi connectivity index (χ0) is 21.3. The molecule has 156 valence electrons. The van der Waals surface area contributed by atoms with Gasteiger partial charge in [-0.3, -0.25) is 4.90 Å². The molecule has 1 aliphatic rings. The Morgan fingerprint density at radius 1 is 0.812 bits per heavy atom. The summed E-state index contributed by atoms with van der Waals surface area (Å²) in [5.74, 6) is 0.820. The third kappa shape index (κ3) is 3.49. The van der Waals surface area contributed by atoms with Gasteiger partial charge in [0.25, 0.3) is 0 Å². The molecule has 0 fully saturated rings. The molecule has 6 rings (SSSR count). The lowest BCUT2D eigenvalue weighted by molar-refractivity contribution is 0.244. The SMILES string of the molecule is c1ccc(-c2ncc3c(n2)CCN(Cc2c(-c4ccccc4)[nH]c4ccccc24)C3)cc1. The minimum absolute atomic E-state index is 0.820. The Bertz CT molecular complexity index is 1370. The molecule has 1 aliphatic heterocycles. The van der Waals surface area contributed by atoms with Gasteiger partial charge in [0.05, 0.1) is 11.4 Å². The third-order valence-electron chi connectivity index (χ3n) is 6.30. The summed E-state index contributed by atoms with van der Waals surface area (Å²) in [6.07, 6.45) is 2.96. The van der Waals surface area contributed by atoms with E-state index in [1.807, 2.05) is 24.4 Å². The van der Waals surface area contributed by atoms with Crippen molar-refractivity contribution in [3.63, 3.8) is 0 Å². The summed E-state index contributed by atoms with van der Waals surface area (Å²) in [7, 11) is 0. The predicted octanol–water partition coefficient (Wildman–Crippen LogP) is 5.85. The van der Waals surface area contributed by atoms with Crippen LogP contribution in [0.5, 0.6) is 0 Å². The molecule has 5 aromatic rings. The van der Waals surface area contributed by atoms with Crippen molar-refractivity contribution in [3.05, 3.63) is 108 Å². The van der Waals surface area contributed by atoms with E-state index >= 15 is 0 Å². The zero-order valence-corrected chi connectivity index (χ0v) is 17.8. The van der Waals surface area contributed by atoms with E-state index in [1.165, 1.54) is 39.0 Å². The number of hydrogen-bond acceptors (Lipinski definition) is 3. The van der Waals surface area contributed by atoms with Crippen LogP contribution in [0.25, 0.3) is 33.5 Å². The van der Waals surface area contributed by atoms with Crippen LogP contribution in [0.15, 0.2) is 91.1 Å². The van der Waals surface area contributed by atoms with Crippen LogP contribution in [0.1, 0.15) is 16.8 Å². The summed E-state index contributed by atoms with van der Waals surface area (Å²) in [4.78, 5) is 15.7. The van der Waals surface area contributed by atoms with Gasteiger partial charge in [0.15, 0.2) is 5.82 Å². The summed E-state index contributed by atoms with van der Waals surface area (Å²) in [5, 5.41) is 1.30. The first-order chi connectivity index (χ1) is 15.8. The van der Waals surface area contributed by atoms with E-state index in [2.05, 4.69) is 81.6 Å². The van der Waals surface area contributed by atoms with E-state index in [0.29, 0.717) is 0 Å². The number of benzene rings is 3. The Labute approximate surface area is 187 Å². The minimum Gasteiger partial charge on any atom is -0.354 e. The Hall–Kier alpha value is -3.76. The zero-order valence-electron chi connectivity index (χ0n) is 17.8. The van der Waals surface area contributed by atoms with Gasteiger partial charge in [0.1, 0.15) is 0 Å². The Morgan fingerprint density at radius 2 is 1.53 bits per heavy atom. The van der Waals surface area contributed by atoms with E-state index in [0.717, 1.165) is 37.4 Å². The second-order valence-electron chi connectivity index (χ2n) is 8.38. The van der Waals surface area contributed by atoms with Crippen molar-refractivity contribution in [3.8, 4) is 22.6 Å². The summed E-state index contributed by atoms with van der Waals surface area (Å²) in [6.45, 7) is 2.76. The Morgan fingerprint density at radius 3 is 2.34 bits per heavy atom. The van der Waals surface area contributed by atoms with Crippen LogP contribution in [-0.4, -0.2) is 26.4 Å². The van der Waals surface area contributed by atoms with Gasteiger partial charge in [-0.2, -0.15) is 0 Å². The number of H-pyrrole nitrogens is 1. The smallest absolute Gasteiger partial charge is 0.159 e. The molecule has 0 aliphatic carbocycles. The maximum absolute atomic E-state index is 4.89. The fraction of sp³-hybridized carbons (Fsp3) is 0.143. The first-order valence-corrected chi connectivity index (χ1v) is 11.1. The standard InChI is InChI=1S/C28H24N4/c1-3-9-20(10-4-1)27-24(23-13-7-8-14-26(23)30-27)19-32-16-15-25-22(18-32)17-29-28(31-25)21-11-5-2-6-12-21/h1-14,17,30H,15-16,18-19H2. The van der Waals surface area contributed by atoms with E-state index in [-0.39, 0.29) is 0 Å². The number of aromatic nitrogens is 3. The largest absolute Gasteiger partial charge is 0.354 e. The van der Waals surface area contributed by atoms with Crippen molar-refractivity contribution in [1.82, 2.24) is 19.9 Å². The summed E-state index contributed by atoms with van der Waals surface area (Å²) in [5.41, 5.74) is 8.48. The van der Waals surface area contributed by atoms with Gasteiger partial charge >= 0.3 is 0 Å². The second-order valence-corrected chi connectivity index (χ2v) is 8.38. The number of fused-ring (bicyclic) bond motifs is 2. The van der Waals surface area contributed by atoms with Gasteiger partial charge in [-0.05, 0) is 17.2 Å². The molecule has 3 aromatic carbocycles. The van der Waals surface area contributed by atoms with Gasteiger partial charge in [-0.25, -0.2) is 9.97 Å². The lowest BCUT2D eigenvalue weighted by atomic mass is 10.0. The van der Waals surface area contributed by atoms with Crippen LogP contribution in [-0.2, 0) is 19.5 Å². The third-order valence-corrected chi connectivity index (χ3v) is 6.30. The Kier molecular flexibility index (Phi) is 4.78. The number of nitrogens with zero attached hydrogens (tertiary/aromatic N) is 3. The maximum atomic E-state index is 4.89. The monoisotopic (exact) mass is 416 g/mol. The predicted molar refractivity (Wildman–Crippen MR) is 129 cm³/mol. The second kappa shape index (κ2) is 8.06. The van der Waals surface area contributed by atoms with E-state index in [4.69, 9.17) is 4.98 Å². The van der Waals surface area contributed by atoms with Crippen molar-refractivity contribution < 1.29 is 0 Å². The molecule has 0 radical (unpaired) electrons. The highest BCUT2D eigenvalue weighted by Crippen LogP contribution is 2.32. The molecule has 0 atom stereocenters. The first-order valence-electron chi connectivity index (χ1n) is 11.1. The molecule has 0 saturated carbocycles. The van der Waals surface area contributed by atoms with Gasteiger partial charge in [0.2, 0.25) is 0 Å². The molecule has 0 amide bonds. The fourth-order valence-corrected chi connectivity index (χ4v) is 4.67. The van der Waals surface area contributed by atoms with E-state index in [1.54, 1.807) is 0 Å². The molecule has 4 nitrogen and oxygen atoms in total. The van der Waals surface area contributed by atoms with Gasteiger partial charge < -0.3 is 4.98 Å². The van der Waals surface area contributed by atoms with Crippen LogP contribution in [0, 0.1) is 0 Å². The van der Waals surface area contributed by atoms with Crippen molar-refractivity contribution in [2.45, 2.75) is 19.5 Å². The van der Waals surface area contributed by atoms with Crippen molar-refractivity contribution in [1.29, 1.82) is 0 Å². The van der Waals surface area contributed by atoms with Gasteiger partial charge in [-0.15, -0.1) is 0 Å². The quantitative estimate of drug-likeness (QED) is 0.400. The molecule has 32 heavy (non-hydrogen) atoms. The van der Waals surface area contributed by atoms with Crippen LogP contribution in [0.4, 0.5) is 0 Å². The summed E-state index contributed by atoms with van der Waals surface area (Å²) in [6, 6.07) is 29.5. The molecule has 0 saturated heterocycles. The highest BCUT2D eigenvalue weighted by molar-refractivity contribution is 5.90. The summed E-state index contributed by atoms with van der Waals surface area (Å²) < 4.78 is 0. The topological polar surface area (TPSA) is 44.8 Å². The van der Waals surface area contributed by atoms with Crippen LogP contribution < -0.4 is 0 Å². The average Bonchev–Trinajstić information content (AvgIpc) is 3.23. The summed E-state index contributed by atoms with van der Waals surface area (Å²) >= 11 is 0. The molecule has 1 N–H and O–H groups in total. The number of para-hydroxylation sites is 1. The van der Waals surface area contributed by atoms with E-state index < -0.39 is 0 Å². The lowest BCUT2D eigenvalue weighted by Crippen LogP contribution is -2.31. The van der Waals surface area contributed by atoms with Crippen molar-refractivity contribution in [2.75, 3.05) is 6.54 Å². The fourth-order valence-electron chi connectivity index (χ4n) is 4.67. The molecular formula is C28H24N4. The molecule has 3 heterocycles. The Balaban J connectivity index is 1.31. The number of hydrogen-bond donors (Lipinski definition) is 1. The first kappa shape index (κ1) is 19.0. The molecule has 2 aromatic heterocycles. The molecule has 4 heteroatoms. The molecule has 0 spiro atoms. The van der Waals surface area contributed by atoms with Crippen molar-refractivity contribution >= 4 is 10.9 Å². The van der Waals surface area contributed by atoms with Crippen LogP contribution in [0.2, 0.25) is 0 Å². The highest BCUT2D eigenvalue weighted by atomic mass is 15.1. The van der Waals surface area contributed by atoms with E-state index in [9.17, 15) is 0 Å². The number of aromatic amines is 1. The van der Waals surface area contributed by atoms with Crippen molar-refractivity contribution in [2.24, 2.45) is 0 Å². The minimum atomic E-state index is 0.820. The number of nitrogens with one attached hydrogen (secondary N) is 1. The number of rotatable bonds is 4. The lowest BCUT2D eigenvalue weighted by Gasteiger charge is -2.28. The van der Waals surface area contributed by atoms with Gasteiger partial charge in [0, 0.05) is 54.3 Å². The van der Waals surface area contributed by atoms with Crippen LogP contribution in [0.3, 0.4) is 0 Å². The molecular weight excluding hydrogens is 392 g/mol. The highest BCUT2D eigenvalue weighted by Gasteiger charge is 2.22. The maximum Gasteiger partial charge on any atom is 0.159 e.